The lowest BCUT2D eigenvalue weighted by Crippen LogP contribution is -2.52. The predicted molar refractivity (Wildman–Crippen MR) is 86.0 cm³/mol. The van der Waals surface area contributed by atoms with Gasteiger partial charge in [0.05, 0.1) is 12.6 Å². The molecule has 1 aliphatic heterocycles. The van der Waals surface area contributed by atoms with Crippen molar-refractivity contribution in [3.8, 4) is 0 Å². The van der Waals surface area contributed by atoms with Gasteiger partial charge in [-0.05, 0) is 32.2 Å². The Balaban J connectivity index is 2.37. The molecule has 1 saturated heterocycles. The van der Waals surface area contributed by atoms with E-state index in [0.29, 0.717) is 0 Å². The summed E-state index contributed by atoms with van der Waals surface area (Å²) in [5.74, 6) is -2.76. The molecule has 0 spiro atoms. The Hall–Kier alpha value is -2.16. The van der Waals surface area contributed by atoms with E-state index in [1.807, 2.05) is 0 Å². The van der Waals surface area contributed by atoms with E-state index in [0.717, 1.165) is 19.4 Å². The van der Waals surface area contributed by atoms with Crippen molar-refractivity contribution in [3.05, 3.63) is 0 Å². The predicted octanol–water partition coefficient (Wildman–Crippen LogP) is -1.42. The van der Waals surface area contributed by atoms with E-state index in [4.69, 9.17) is 5.11 Å². The number of hydrogen-bond acceptors (Lipinski definition) is 5. The van der Waals surface area contributed by atoms with Crippen LogP contribution in [0.25, 0.3) is 0 Å². The summed E-state index contributed by atoms with van der Waals surface area (Å²) in [6.07, 6.45) is 1.65. The van der Waals surface area contributed by atoms with Crippen molar-refractivity contribution in [3.63, 3.8) is 0 Å². The quantitative estimate of drug-likeness (QED) is 0.367. The maximum Gasteiger partial charge on any atom is 0.326 e. The van der Waals surface area contributed by atoms with Gasteiger partial charge in [-0.3, -0.25) is 14.4 Å². The third-order valence-electron chi connectivity index (χ3n) is 3.80. The molecule has 3 unspecified atom stereocenters. The molecule has 0 radical (unpaired) electrons. The van der Waals surface area contributed by atoms with Gasteiger partial charge in [-0.15, -0.1) is 0 Å². The smallest absolute Gasteiger partial charge is 0.326 e. The number of hydrogen-bond donors (Lipinski definition) is 5. The van der Waals surface area contributed by atoms with Crippen molar-refractivity contribution in [1.82, 2.24) is 21.3 Å². The Morgan fingerprint density at radius 2 is 1.83 bits per heavy atom. The summed E-state index contributed by atoms with van der Waals surface area (Å²) < 4.78 is 0. The highest BCUT2D eigenvalue weighted by Gasteiger charge is 2.26. The first-order valence-electron chi connectivity index (χ1n) is 8.06. The van der Waals surface area contributed by atoms with Crippen LogP contribution in [0.3, 0.4) is 0 Å². The Labute approximate surface area is 140 Å². The molecule has 0 aromatic carbocycles. The minimum absolute atomic E-state index is 0.245. The average molecular weight is 342 g/mol. The molecule has 0 aliphatic carbocycles. The Morgan fingerprint density at radius 1 is 1.17 bits per heavy atom. The lowest BCUT2D eigenvalue weighted by molar-refractivity contribution is -0.143. The topological polar surface area (TPSA) is 137 Å². The van der Waals surface area contributed by atoms with Crippen LogP contribution in [0.1, 0.15) is 33.6 Å². The number of aliphatic carboxylic acids is 1. The molecule has 0 saturated carbocycles. The molecular formula is C15H26N4O5. The van der Waals surface area contributed by atoms with E-state index in [1.54, 1.807) is 13.8 Å². The van der Waals surface area contributed by atoms with Crippen molar-refractivity contribution >= 4 is 23.7 Å². The van der Waals surface area contributed by atoms with Crippen molar-refractivity contribution < 1.29 is 24.3 Å². The minimum atomic E-state index is -1.13. The molecule has 0 aromatic heterocycles. The van der Waals surface area contributed by atoms with E-state index < -0.39 is 29.9 Å². The molecule has 1 aliphatic rings. The van der Waals surface area contributed by atoms with Gasteiger partial charge >= 0.3 is 5.97 Å². The van der Waals surface area contributed by atoms with E-state index in [2.05, 4.69) is 21.3 Å². The first-order chi connectivity index (χ1) is 11.2. The fourth-order valence-electron chi connectivity index (χ4n) is 2.35. The Kier molecular flexibility index (Phi) is 7.63. The summed E-state index contributed by atoms with van der Waals surface area (Å²) in [6, 6.07) is -2.08. The number of carbonyl (C=O) groups excluding carboxylic acids is 3. The molecule has 24 heavy (non-hydrogen) atoms. The van der Waals surface area contributed by atoms with Crippen LogP contribution in [0.15, 0.2) is 0 Å². The molecule has 9 heteroatoms. The first-order valence-corrected chi connectivity index (χ1v) is 8.06. The van der Waals surface area contributed by atoms with Crippen LogP contribution in [0.2, 0.25) is 0 Å². The Morgan fingerprint density at radius 3 is 2.33 bits per heavy atom. The summed E-state index contributed by atoms with van der Waals surface area (Å²) >= 11 is 0. The average Bonchev–Trinajstić information content (AvgIpc) is 3.03. The summed E-state index contributed by atoms with van der Waals surface area (Å²) in [6.45, 7) is 5.30. The van der Waals surface area contributed by atoms with E-state index in [9.17, 15) is 19.2 Å². The van der Waals surface area contributed by atoms with Gasteiger partial charge in [-0.25, -0.2) is 4.79 Å². The van der Waals surface area contributed by atoms with Gasteiger partial charge in [0.15, 0.2) is 0 Å². The third-order valence-corrected chi connectivity index (χ3v) is 3.80. The fourth-order valence-corrected chi connectivity index (χ4v) is 2.35. The van der Waals surface area contributed by atoms with Crippen molar-refractivity contribution in [2.24, 2.45) is 5.92 Å². The van der Waals surface area contributed by atoms with Crippen molar-refractivity contribution in [2.75, 3.05) is 13.1 Å². The van der Waals surface area contributed by atoms with E-state index in [-0.39, 0.29) is 24.4 Å². The van der Waals surface area contributed by atoms with Gasteiger partial charge in [0.1, 0.15) is 12.1 Å². The normalized spacial score (nSPS) is 19.4. The molecule has 3 amide bonds. The van der Waals surface area contributed by atoms with Gasteiger partial charge in [0.25, 0.3) is 0 Å². The monoisotopic (exact) mass is 342 g/mol. The van der Waals surface area contributed by atoms with Crippen LogP contribution in [-0.2, 0) is 19.2 Å². The molecule has 1 heterocycles. The summed E-state index contributed by atoms with van der Waals surface area (Å²) in [7, 11) is 0. The fraction of sp³-hybridized carbons (Fsp3) is 0.733. The Bertz CT molecular complexity index is 488. The van der Waals surface area contributed by atoms with E-state index in [1.165, 1.54) is 6.92 Å². The lowest BCUT2D eigenvalue weighted by atomic mass is 10.1. The molecule has 9 nitrogen and oxygen atoms in total. The minimum Gasteiger partial charge on any atom is -0.480 e. The van der Waals surface area contributed by atoms with Gasteiger partial charge < -0.3 is 26.4 Å². The maximum atomic E-state index is 11.9. The maximum absolute atomic E-state index is 11.9. The molecule has 1 fully saturated rings. The third kappa shape index (κ3) is 6.15. The number of carboxylic acid groups (broad SMARTS) is 1. The highest BCUT2D eigenvalue weighted by atomic mass is 16.4. The van der Waals surface area contributed by atoms with Crippen molar-refractivity contribution in [1.29, 1.82) is 0 Å². The molecule has 0 aromatic rings. The highest BCUT2D eigenvalue weighted by Crippen LogP contribution is 2.05. The molecule has 0 bridgehead atoms. The molecule has 1 rings (SSSR count). The zero-order valence-corrected chi connectivity index (χ0v) is 14.2. The van der Waals surface area contributed by atoms with Crippen LogP contribution >= 0.6 is 0 Å². The number of rotatable bonds is 8. The second-order valence-corrected chi connectivity index (χ2v) is 6.22. The second kappa shape index (κ2) is 9.21. The standard InChI is InChI=1S/C15H26N4O5/c1-8(2)12(15(23)24)19-11(20)7-17-13(21)9(3)18-14(22)10-5-4-6-16-10/h8-10,12,16H,4-7H2,1-3H3,(H,17,21)(H,18,22)(H,19,20)(H,23,24). The van der Waals surface area contributed by atoms with Gasteiger partial charge in [0.2, 0.25) is 17.7 Å². The molecule has 3 atom stereocenters. The number of nitrogens with one attached hydrogen (secondary N) is 4. The van der Waals surface area contributed by atoms with Gasteiger partial charge in [-0.1, -0.05) is 13.8 Å². The first kappa shape index (κ1) is 19.9. The van der Waals surface area contributed by atoms with Crippen LogP contribution in [-0.4, -0.2) is 60.0 Å². The van der Waals surface area contributed by atoms with Gasteiger partial charge in [0, 0.05) is 0 Å². The van der Waals surface area contributed by atoms with Crippen LogP contribution < -0.4 is 21.3 Å². The van der Waals surface area contributed by atoms with Crippen LogP contribution in [0.5, 0.6) is 0 Å². The molecule has 136 valence electrons. The number of amides is 3. The summed E-state index contributed by atoms with van der Waals surface area (Å²) in [5, 5.41) is 19.3. The van der Waals surface area contributed by atoms with Crippen LogP contribution in [0.4, 0.5) is 0 Å². The largest absolute Gasteiger partial charge is 0.480 e. The number of carbonyl (C=O) groups is 4. The zero-order chi connectivity index (χ0) is 18.3. The summed E-state index contributed by atoms with van der Waals surface area (Å²) in [5.41, 5.74) is 0. The van der Waals surface area contributed by atoms with Gasteiger partial charge in [-0.2, -0.15) is 0 Å². The number of carboxylic acids is 1. The molecular weight excluding hydrogens is 316 g/mol. The van der Waals surface area contributed by atoms with E-state index >= 15 is 0 Å². The SMILES string of the molecule is CC(NC(=O)C1CCCN1)C(=O)NCC(=O)NC(C(=O)O)C(C)C. The highest BCUT2D eigenvalue weighted by molar-refractivity contribution is 5.92. The lowest BCUT2D eigenvalue weighted by Gasteiger charge is -2.19. The zero-order valence-electron chi connectivity index (χ0n) is 14.2. The second-order valence-electron chi connectivity index (χ2n) is 6.22. The van der Waals surface area contributed by atoms with Crippen LogP contribution in [0, 0.1) is 5.92 Å². The molecule has 5 N–H and O–H groups in total. The van der Waals surface area contributed by atoms with Crippen molar-refractivity contribution in [2.45, 2.75) is 51.7 Å². The summed E-state index contributed by atoms with van der Waals surface area (Å²) in [4.78, 5) is 46.6.